The maximum Gasteiger partial charge on any atom is 0.242 e. The van der Waals surface area contributed by atoms with E-state index in [1.165, 1.54) is 5.56 Å². The van der Waals surface area contributed by atoms with Gasteiger partial charge < -0.3 is 9.47 Å². The van der Waals surface area contributed by atoms with Gasteiger partial charge in [0.15, 0.2) is 0 Å². The van der Waals surface area contributed by atoms with Crippen LogP contribution >= 0.6 is 0 Å². The molecule has 6 nitrogen and oxygen atoms in total. The molecule has 1 aliphatic heterocycles. The number of H-pyrrole nitrogens is 1. The van der Waals surface area contributed by atoms with Crippen molar-refractivity contribution in [3.8, 4) is 0 Å². The zero-order chi connectivity index (χ0) is 16.7. The van der Waals surface area contributed by atoms with Gasteiger partial charge >= 0.3 is 0 Å². The highest BCUT2D eigenvalue weighted by molar-refractivity contribution is 5.81. The van der Waals surface area contributed by atoms with Gasteiger partial charge in [0, 0.05) is 24.7 Å². The molecular formula is C18H21N5O. The minimum atomic E-state index is 0.154. The zero-order valence-corrected chi connectivity index (χ0v) is 14.0. The molecule has 124 valence electrons. The minimum absolute atomic E-state index is 0.154. The number of hydrogen-bond acceptors (Lipinski definition) is 3. The fourth-order valence-electron chi connectivity index (χ4n) is 3.62. The molecule has 0 radical (unpaired) electrons. The summed E-state index contributed by atoms with van der Waals surface area (Å²) in [6, 6.07) is 7.95. The van der Waals surface area contributed by atoms with Crippen molar-refractivity contribution >= 4 is 16.9 Å². The summed E-state index contributed by atoms with van der Waals surface area (Å²) >= 11 is 0. The van der Waals surface area contributed by atoms with Gasteiger partial charge in [-0.3, -0.25) is 9.89 Å². The first-order chi connectivity index (χ1) is 11.6. The Morgan fingerprint density at radius 2 is 2.17 bits per heavy atom. The summed E-state index contributed by atoms with van der Waals surface area (Å²) in [7, 11) is 0. The van der Waals surface area contributed by atoms with E-state index < -0.39 is 0 Å². The SMILES string of the molecule is Cc1cn[nH]c1C1CCN(C(=O)Cn2c(C)nc3ccccc32)C1. The second-order valence-electron chi connectivity index (χ2n) is 6.53. The van der Waals surface area contributed by atoms with E-state index in [1.54, 1.807) is 0 Å². The summed E-state index contributed by atoms with van der Waals surface area (Å²) in [6.45, 7) is 5.92. The quantitative estimate of drug-likeness (QED) is 0.805. The van der Waals surface area contributed by atoms with E-state index in [9.17, 15) is 4.79 Å². The summed E-state index contributed by atoms with van der Waals surface area (Å²) in [5.41, 5.74) is 4.29. The number of rotatable bonds is 3. The number of carbonyl (C=O) groups excluding carboxylic acids is 1. The van der Waals surface area contributed by atoms with Crippen molar-refractivity contribution in [2.45, 2.75) is 32.7 Å². The fraction of sp³-hybridized carbons (Fsp3) is 0.389. The van der Waals surface area contributed by atoms with Crippen LogP contribution in [0.2, 0.25) is 0 Å². The third-order valence-electron chi connectivity index (χ3n) is 4.96. The van der Waals surface area contributed by atoms with E-state index in [-0.39, 0.29) is 5.91 Å². The maximum absolute atomic E-state index is 12.8. The molecule has 0 saturated carbocycles. The molecule has 3 heterocycles. The predicted octanol–water partition coefficient (Wildman–Crippen LogP) is 2.39. The molecular weight excluding hydrogens is 302 g/mol. The van der Waals surface area contributed by atoms with Crippen molar-refractivity contribution in [2.24, 2.45) is 0 Å². The normalized spacial score (nSPS) is 17.8. The van der Waals surface area contributed by atoms with Crippen molar-refractivity contribution in [3.05, 3.63) is 47.5 Å². The lowest BCUT2D eigenvalue weighted by Gasteiger charge is -2.17. The van der Waals surface area contributed by atoms with Crippen LogP contribution < -0.4 is 0 Å². The summed E-state index contributed by atoms with van der Waals surface area (Å²) in [5, 5.41) is 7.18. The molecule has 0 aliphatic carbocycles. The molecule has 2 aromatic heterocycles. The molecule has 0 spiro atoms. The maximum atomic E-state index is 12.8. The molecule has 1 saturated heterocycles. The zero-order valence-electron chi connectivity index (χ0n) is 14.0. The van der Waals surface area contributed by atoms with E-state index in [2.05, 4.69) is 22.1 Å². The molecule has 1 N–H and O–H groups in total. The van der Waals surface area contributed by atoms with E-state index in [4.69, 9.17) is 0 Å². The van der Waals surface area contributed by atoms with E-state index in [1.807, 2.05) is 46.9 Å². The summed E-state index contributed by atoms with van der Waals surface area (Å²) < 4.78 is 2.01. The van der Waals surface area contributed by atoms with Crippen LogP contribution in [0, 0.1) is 13.8 Å². The van der Waals surface area contributed by atoms with Gasteiger partial charge in [0.25, 0.3) is 0 Å². The molecule has 1 amide bonds. The number of aryl methyl sites for hydroxylation is 2. The lowest BCUT2D eigenvalue weighted by Crippen LogP contribution is -2.32. The number of fused-ring (bicyclic) bond motifs is 1. The number of likely N-dealkylation sites (tertiary alicyclic amines) is 1. The van der Waals surface area contributed by atoms with E-state index >= 15 is 0 Å². The Balaban J connectivity index is 1.51. The van der Waals surface area contributed by atoms with Crippen LogP contribution in [-0.2, 0) is 11.3 Å². The lowest BCUT2D eigenvalue weighted by molar-refractivity contribution is -0.130. The summed E-state index contributed by atoms with van der Waals surface area (Å²) in [5.74, 6) is 1.39. The molecule has 1 aliphatic rings. The van der Waals surface area contributed by atoms with Gasteiger partial charge in [-0.25, -0.2) is 4.98 Å². The standard InChI is InChI=1S/C18H21N5O/c1-12-9-19-21-18(12)14-7-8-22(10-14)17(24)11-23-13(2)20-15-5-3-4-6-16(15)23/h3-6,9,14H,7-8,10-11H2,1-2H3,(H,19,21). The van der Waals surface area contributed by atoms with Crippen LogP contribution in [0.15, 0.2) is 30.5 Å². The van der Waals surface area contributed by atoms with Crippen molar-refractivity contribution in [2.75, 3.05) is 13.1 Å². The third kappa shape index (κ3) is 2.48. The largest absolute Gasteiger partial charge is 0.340 e. The van der Waals surface area contributed by atoms with Gasteiger partial charge in [0.05, 0.1) is 17.2 Å². The Hall–Kier alpha value is -2.63. The van der Waals surface area contributed by atoms with Crippen molar-refractivity contribution < 1.29 is 4.79 Å². The smallest absolute Gasteiger partial charge is 0.242 e. The minimum Gasteiger partial charge on any atom is -0.340 e. The van der Waals surface area contributed by atoms with Crippen molar-refractivity contribution in [1.82, 2.24) is 24.6 Å². The number of nitrogens with one attached hydrogen (secondary N) is 1. The Kier molecular flexibility index (Phi) is 3.59. The number of benzene rings is 1. The van der Waals surface area contributed by atoms with Crippen LogP contribution in [0.3, 0.4) is 0 Å². The van der Waals surface area contributed by atoms with Crippen LogP contribution in [0.1, 0.15) is 29.4 Å². The number of amides is 1. The first kappa shape index (κ1) is 14.9. The number of nitrogens with zero attached hydrogens (tertiary/aromatic N) is 4. The third-order valence-corrected chi connectivity index (χ3v) is 4.96. The molecule has 1 unspecified atom stereocenters. The number of aromatic amines is 1. The average molecular weight is 323 g/mol. The Bertz CT molecular complexity index is 894. The first-order valence-corrected chi connectivity index (χ1v) is 8.33. The van der Waals surface area contributed by atoms with Gasteiger partial charge in [-0.05, 0) is 38.0 Å². The van der Waals surface area contributed by atoms with Gasteiger partial charge in [-0.15, -0.1) is 0 Å². The summed E-state index contributed by atoms with van der Waals surface area (Å²) in [4.78, 5) is 19.3. The van der Waals surface area contributed by atoms with Gasteiger partial charge in [-0.2, -0.15) is 5.10 Å². The monoisotopic (exact) mass is 323 g/mol. The lowest BCUT2D eigenvalue weighted by atomic mass is 10.0. The van der Waals surface area contributed by atoms with Gasteiger partial charge in [-0.1, -0.05) is 12.1 Å². The molecule has 0 bridgehead atoms. The van der Waals surface area contributed by atoms with Crippen LogP contribution in [0.25, 0.3) is 11.0 Å². The summed E-state index contributed by atoms with van der Waals surface area (Å²) in [6.07, 6.45) is 2.83. The van der Waals surface area contributed by atoms with E-state index in [0.717, 1.165) is 42.1 Å². The molecule has 6 heteroatoms. The second kappa shape index (κ2) is 5.78. The van der Waals surface area contributed by atoms with E-state index in [0.29, 0.717) is 12.5 Å². The topological polar surface area (TPSA) is 66.8 Å². The second-order valence-corrected chi connectivity index (χ2v) is 6.53. The molecule has 1 aromatic carbocycles. The Labute approximate surface area is 140 Å². The number of carbonyl (C=O) groups is 1. The highest BCUT2D eigenvalue weighted by Gasteiger charge is 2.29. The highest BCUT2D eigenvalue weighted by Crippen LogP contribution is 2.28. The van der Waals surface area contributed by atoms with Gasteiger partial charge in [0.2, 0.25) is 5.91 Å². The number of aromatic nitrogens is 4. The van der Waals surface area contributed by atoms with Crippen LogP contribution in [0.5, 0.6) is 0 Å². The molecule has 24 heavy (non-hydrogen) atoms. The first-order valence-electron chi connectivity index (χ1n) is 8.33. The molecule has 1 fully saturated rings. The van der Waals surface area contributed by atoms with Crippen LogP contribution in [0.4, 0.5) is 0 Å². The number of hydrogen-bond donors (Lipinski definition) is 1. The van der Waals surface area contributed by atoms with Crippen LogP contribution in [-0.4, -0.2) is 43.6 Å². The Morgan fingerprint density at radius 3 is 2.96 bits per heavy atom. The van der Waals surface area contributed by atoms with Gasteiger partial charge in [0.1, 0.15) is 12.4 Å². The molecule has 1 atom stereocenters. The van der Waals surface area contributed by atoms with Crippen molar-refractivity contribution in [1.29, 1.82) is 0 Å². The molecule has 3 aromatic rings. The number of para-hydroxylation sites is 2. The highest BCUT2D eigenvalue weighted by atomic mass is 16.2. The molecule has 4 rings (SSSR count). The number of imidazole rings is 1. The predicted molar refractivity (Wildman–Crippen MR) is 91.7 cm³/mol. The average Bonchev–Trinajstić information content (AvgIpc) is 3.27. The van der Waals surface area contributed by atoms with Crippen molar-refractivity contribution in [3.63, 3.8) is 0 Å². The fourth-order valence-corrected chi connectivity index (χ4v) is 3.62. The Morgan fingerprint density at radius 1 is 1.33 bits per heavy atom.